The molecule has 0 spiro atoms. The van der Waals surface area contributed by atoms with E-state index in [0.717, 1.165) is 66.5 Å². The topological polar surface area (TPSA) is 16.4 Å². The highest BCUT2D eigenvalue weighted by Gasteiger charge is 2.43. The average Bonchev–Trinajstić information content (AvgIpc) is 3.83. The summed E-state index contributed by atoms with van der Waals surface area (Å²) in [6.45, 7) is 0. The monoisotopic (exact) mass is 895 g/mol. The van der Waals surface area contributed by atoms with Gasteiger partial charge in [-0.05, 0) is 94.7 Å². The number of nitrogens with zero attached hydrogens (tertiary/aromatic N) is 1. The van der Waals surface area contributed by atoms with Crippen molar-refractivity contribution in [1.82, 2.24) is 0 Å². The van der Waals surface area contributed by atoms with Crippen LogP contribution in [-0.2, 0) is 0 Å². The summed E-state index contributed by atoms with van der Waals surface area (Å²) in [5, 5.41) is 15.0. The first-order valence-corrected chi connectivity index (χ1v) is 25.7. The van der Waals surface area contributed by atoms with Crippen LogP contribution in [0.15, 0.2) is 277 Å². The van der Waals surface area contributed by atoms with Crippen LogP contribution in [0.4, 0.5) is 17.1 Å². The lowest BCUT2D eigenvalue weighted by Gasteiger charge is -2.36. The van der Waals surface area contributed by atoms with Crippen molar-refractivity contribution in [3.63, 3.8) is 0 Å². The first-order chi connectivity index (χ1) is 34.2. The number of para-hydroxylation sites is 2. The van der Waals surface area contributed by atoms with E-state index in [1.165, 1.54) is 47.9 Å². The molecule has 2 nitrogen and oxygen atoms in total. The molecule has 0 saturated carbocycles. The van der Waals surface area contributed by atoms with Crippen LogP contribution < -0.4 is 25.6 Å². The number of anilines is 3. The third-order valence-corrected chi connectivity index (χ3v) is 19.0. The second kappa shape index (κ2) is 16.8. The summed E-state index contributed by atoms with van der Waals surface area (Å²) < 4.78 is 7.03. The van der Waals surface area contributed by atoms with Gasteiger partial charge in [0.2, 0.25) is 0 Å². The molecule has 0 radical (unpaired) electrons. The third kappa shape index (κ3) is 6.70. The molecule has 13 rings (SSSR count). The molecule has 0 saturated heterocycles. The SMILES string of the molecule is c1ccc(-c2ccccc2N(c2ccc(-c3cccc([Si](c4ccccc4)(c4ccccc4)c4cc5ccccc5c5ccccc45)c3)cc2)c2cccc3c2oc2c4ccccc4ccc32)cc1. The zero-order chi connectivity index (χ0) is 45.7. The van der Waals surface area contributed by atoms with Crippen LogP contribution in [0.5, 0.6) is 0 Å². The minimum absolute atomic E-state index is 0.854. The molecule has 1 aromatic heterocycles. The Kier molecular flexibility index (Phi) is 9.88. The molecule has 324 valence electrons. The highest BCUT2D eigenvalue weighted by Crippen LogP contribution is 2.46. The fourth-order valence-electron chi connectivity index (χ4n) is 11.1. The molecule has 3 heteroatoms. The van der Waals surface area contributed by atoms with Crippen LogP contribution in [0.1, 0.15) is 0 Å². The van der Waals surface area contributed by atoms with Gasteiger partial charge in [0.25, 0.3) is 0 Å². The van der Waals surface area contributed by atoms with E-state index in [2.05, 4.69) is 278 Å². The molecule has 0 amide bonds. The van der Waals surface area contributed by atoms with E-state index in [4.69, 9.17) is 4.42 Å². The lowest BCUT2D eigenvalue weighted by Crippen LogP contribution is -2.74. The second-order valence-electron chi connectivity index (χ2n) is 17.9. The molecule has 13 aromatic rings. The number of hydrogen-bond acceptors (Lipinski definition) is 2. The van der Waals surface area contributed by atoms with Crippen LogP contribution in [0.3, 0.4) is 0 Å². The minimum Gasteiger partial charge on any atom is -0.453 e. The van der Waals surface area contributed by atoms with Crippen molar-refractivity contribution in [3.8, 4) is 22.3 Å². The number of rotatable bonds is 9. The molecular formula is C66H45NOSi. The molecule has 69 heavy (non-hydrogen) atoms. The molecule has 0 aliphatic carbocycles. The highest BCUT2D eigenvalue weighted by molar-refractivity contribution is 7.20. The smallest absolute Gasteiger partial charge is 0.180 e. The van der Waals surface area contributed by atoms with E-state index < -0.39 is 8.07 Å². The molecule has 0 aliphatic heterocycles. The Morgan fingerprint density at radius 3 is 1.58 bits per heavy atom. The molecule has 0 bridgehead atoms. The van der Waals surface area contributed by atoms with Gasteiger partial charge in [-0.1, -0.05) is 243 Å². The van der Waals surface area contributed by atoms with Gasteiger partial charge in [0.05, 0.1) is 11.4 Å². The summed E-state index contributed by atoms with van der Waals surface area (Å²) in [4.78, 5) is 2.38. The van der Waals surface area contributed by atoms with Crippen LogP contribution in [-0.4, -0.2) is 8.07 Å². The van der Waals surface area contributed by atoms with Crippen molar-refractivity contribution in [2.45, 2.75) is 0 Å². The first-order valence-electron chi connectivity index (χ1n) is 23.7. The Morgan fingerprint density at radius 1 is 0.290 bits per heavy atom. The maximum atomic E-state index is 7.03. The zero-order valence-corrected chi connectivity index (χ0v) is 38.8. The second-order valence-corrected chi connectivity index (χ2v) is 21.7. The molecule has 0 unspecified atom stereocenters. The molecule has 0 fully saturated rings. The summed E-state index contributed by atoms with van der Waals surface area (Å²) in [7, 11) is -2.98. The van der Waals surface area contributed by atoms with Gasteiger partial charge >= 0.3 is 0 Å². The number of hydrogen-bond donors (Lipinski definition) is 0. The standard InChI is InChI=1S/C66H45NOSi/c1-4-20-47(21-5-1)56-31-16-17-36-62(56)67(63-37-19-35-60-61-43-40-48-22-10-13-32-57(48)65(61)68-66(60)63)51-41-38-46(39-42-51)49-24-18-29-54(44-49)69(52-25-6-2-7-26-52,53-27-8-3-9-28-53)64-45-50-23-11-12-30-55(50)58-33-14-15-34-59(58)64/h1-45H. The van der Waals surface area contributed by atoms with E-state index in [0.29, 0.717) is 0 Å². The maximum absolute atomic E-state index is 7.03. The van der Waals surface area contributed by atoms with Crippen LogP contribution in [0.25, 0.3) is 76.5 Å². The fraction of sp³-hybridized carbons (Fsp3) is 0. The third-order valence-electron chi connectivity index (χ3n) is 14.2. The summed E-state index contributed by atoms with van der Waals surface area (Å²) in [5.41, 5.74) is 9.47. The van der Waals surface area contributed by atoms with Gasteiger partial charge in [-0.2, -0.15) is 0 Å². The summed E-state index contributed by atoms with van der Waals surface area (Å²) in [6, 6.07) is 100. The van der Waals surface area contributed by atoms with Gasteiger partial charge in [-0.3, -0.25) is 0 Å². The van der Waals surface area contributed by atoms with Gasteiger partial charge in [0.1, 0.15) is 5.58 Å². The maximum Gasteiger partial charge on any atom is 0.180 e. The predicted molar refractivity (Wildman–Crippen MR) is 295 cm³/mol. The first kappa shape index (κ1) is 40.5. The summed E-state index contributed by atoms with van der Waals surface area (Å²) >= 11 is 0. The fourth-order valence-corrected chi connectivity index (χ4v) is 16.1. The Balaban J connectivity index is 1.01. The Hall–Kier alpha value is -8.76. The van der Waals surface area contributed by atoms with Gasteiger partial charge in [0, 0.05) is 27.4 Å². The lowest BCUT2D eigenvalue weighted by molar-refractivity contribution is 0.673. The van der Waals surface area contributed by atoms with Crippen molar-refractivity contribution < 1.29 is 4.42 Å². The lowest BCUT2D eigenvalue weighted by atomic mass is 10.0. The van der Waals surface area contributed by atoms with Crippen LogP contribution in [0.2, 0.25) is 0 Å². The van der Waals surface area contributed by atoms with Crippen LogP contribution >= 0.6 is 0 Å². The van der Waals surface area contributed by atoms with E-state index in [-0.39, 0.29) is 0 Å². The zero-order valence-electron chi connectivity index (χ0n) is 37.8. The summed E-state index contributed by atoms with van der Waals surface area (Å²) in [6.07, 6.45) is 0. The van der Waals surface area contributed by atoms with E-state index >= 15 is 0 Å². The summed E-state index contributed by atoms with van der Waals surface area (Å²) in [5.74, 6) is 0. The molecular weight excluding hydrogens is 851 g/mol. The minimum atomic E-state index is -2.98. The highest BCUT2D eigenvalue weighted by atomic mass is 28.3. The molecule has 12 aromatic carbocycles. The number of benzene rings is 12. The molecule has 0 N–H and O–H groups in total. The molecule has 0 atom stereocenters. The van der Waals surface area contributed by atoms with Gasteiger partial charge < -0.3 is 9.32 Å². The van der Waals surface area contributed by atoms with Crippen LogP contribution in [0, 0.1) is 0 Å². The average molecular weight is 896 g/mol. The Labute approximate surface area is 402 Å². The number of fused-ring (bicyclic) bond motifs is 8. The largest absolute Gasteiger partial charge is 0.453 e. The van der Waals surface area contributed by atoms with Gasteiger partial charge in [0.15, 0.2) is 13.7 Å². The van der Waals surface area contributed by atoms with Crippen molar-refractivity contribution >= 4 is 100 Å². The predicted octanol–water partition coefficient (Wildman–Crippen LogP) is 15.2. The van der Waals surface area contributed by atoms with Gasteiger partial charge in [-0.15, -0.1) is 0 Å². The van der Waals surface area contributed by atoms with E-state index in [1.54, 1.807) is 0 Å². The quantitative estimate of drug-likeness (QED) is 0.0815. The molecule has 1 heterocycles. The van der Waals surface area contributed by atoms with Crippen molar-refractivity contribution in [1.29, 1.82) is 0 Å². The van der Waals surface area contributed by atoms with Crippen molar-refractivity contribution in [2.75, 3.05) is 4.90 Å². The van der Waals surface area contributed by atoms with Gasteiger partial charge in [-0.25, -0.2) is 0 Å². The van der Waals surface area contributed by atoms with E-state index in [9.17, 15) is 0 Å². The Bertz CT molecular complexity index is 3970. The normalized spacial score (nSPS) is 11.8. The number of furan rings is 1. The van der Waals surface area contributed by atoms with Crippen molar-refractivity contribution in [2.24, 2.45) is 0 Å². The molecule has 0 aliphatic rings. The van der Waals surface area contributed by atoms with E-state index in [1.807, 2.05) is 0 Å². The van der Waals surface area contributed by atoms with Crippen molar-refractivity contribution in [3.05, 3.63) is 273 Å². The Morgan fingerprint density at radius 2 is 0.826 bits per heavy atom.